The van der Waals surface area contributed by atoms with Gasteiger partial charge in [-0.2, -0.15) is 0 Å². The zero-order valence-electron chi connectivity index (χ0n) is 8.75. The molecule has 0 bridgehead atoms. The maximum atomic E-state index is 11.3. The summed E-state index contributed by atoms with van der Waals surface area (Å²) in [5, 5.41) is 5.64. The van der Waals surface area contributed by atoms with Gasteiger partial charge in [0.1, 0.15) is 0 Å². The molecule has 0 aliphatic carbocycles. The fourth-order valence-electron chi connectivity index (χ4n) is 1.71. The van der Waals surface area contributed by atoms with E-state index in [0.29, 0.717) is 13.1 Å². The molecule has 1 unspecified atom stereocenters. The predicted molar refractivity (Wildman–Crippen MR) is 56.1 cm³/mol. The van der Waals surface area contributed by atoms with Gasteiger partial charge in [-0.15, -0.1) is 0 Å². The third-order valence-corrected chi connectivity index (χ3v) is 2.39. The molecular weight excluding hydrogens is 180 g/mol. The lowest BCUT2D eigenvalue weighted by molar-refractivity contribution is 0.209. The predicted octanol–water partition coefficient (Wildman–Crippen LogP) is -0.661. The highest BCUT2D eigenvalue weighted by Gasteiger charge is 2.18. The Morgan fingerprint density at radius 2 is 2.43 bits per heavy atom. The lowest BCUT2D eigenvalue weighted by atomic mass is 10.1. The molecule has 1 fully saturated rings. The SMILES string of the molecule is CN1CCCC(NC(=O)NCCN)C1. The van der Waals surface area contributed by atoms with Crippen molar-refractivity contribution in [2.75, 3.05) is 33.2 Å². The van der Waals surface area contributed by atoms with Gasteiger partial charge in [-0.05, 0) is 26.4 Å². The second-order valence-electron chi connectivity index (χ2n) is 3.79. The number of urea groups is 1. The Morgan fingerprint density at radius 3 is 3.07 bits per heavy atom. The summed E-state index contributed by atoms with van der Waals surface area (Å²) in [5.74, 6) is 0. The Balaban J connectivity index is 2.18. The smallest absolute Gasteiger partial charge is 0.315 e. The van der Waals surface area contributed by atoms with E-state index in [1.165, 1.54) is 0 Å². The number of nitrogens with zero attached hydrogens (tertiary/aromatic N) is 1. The molecule has 0 spiro atoms. The number of likely N-dealkylation sites (N-methyl/N-ethyl adjacent to an activating group) is 1. The van der Waals surface area contributed by atoms with Gasteiger partial charge < -0.3 is 21.3 Å². The van der Waals surface area contributed by atoms with Gasteiger partial charge in [0, 0.05) is 25.7 Å². The molecule has 1 aliphatic heterocycles. The van der Waals surface area contributed by atoms with Gasteiger partial charge in [-0.25, -0.2) is 4.79 Å². The lowest BCUT2D eigenvalue weighted by Gasteiger charge is -2.30. The molecule has 5 heteroatoms. The third kappa shape index (κ3) is 3.93. The van der Waals surface area contributed by atoms with Crippen molar-refractivity contribution in [1.82, 2.24) is 15.5 Å². The quantitative estimate of drug-likeness (QED) is 0.566. The van der Waals surface area contributed by atoms with Crippen LogP contribution >= 0.6 is 0 Å². The summed E-state index contributed by atoms with van der Waals surface area (Å²) in [4.78, 5) is 13.5. The second kappa shape index (κ2) is 5.82. The average Bonchev–Trinajstić information content (AvgIpc) is 2.15. The van der Waals surface area contributed by atoms with Crippen LogP contribution in [-0.4, -0.2) is 50.2 Å². The van der Waals surface area contributed by atoms with Crippen LogP contribution in [0.15, 0.2) is 0 Å². The van der Waals surface area contributed by atoms with Gasteiger partial charge in [0.15, 0.2) is 0 Å². The topological polar surface area (TPSA) is 70.4 Å². The van der Waals surface area contributed by atoms with Gasteiger partial charge >= 0.3 is 6.03 Å². The fraction of sp³-hybridized carbons (Fsp3) is 0.889. The number of piperidine rings is 1. The van der Waals surface area contributed by atoms with Crippen molar-refractivity contribution < 1.29 is 4.79 Å². The molecule has 82 valence electrons. The molecule has 0 aromatic carbocycles. The molecule has 1 heterocycles. The third-order valence-electron chi connectivity index (χ3n) is 2.39. The molecule has 1 aliphatic rings. The van der Waals surface area contributed by atoms with E-state index in [4.69, 9.17) is 5.73 Å². The zero-order valence-corrected chi connectivity index (χ0v) is 8.75. The molecule has 1 atom stereocenters. The molecular formula is C9H20N4O. The van der Waals surface area contributed by atoms with E-state index in [2.05, 4.69) is 22.6 Å². The van der Waals surface area contributed by atoms with E-state index in [9.17, 15) is 4.79 Å². The molecule has 1 rings (SSSR count). The minimum atomic E-state index is -0.101. The van der Waals surface area contributed by atoms with Crippen LogP contribution in [0.4, 0.5) is 4.79 Å². The first-order valence-electron chi connectivity index (χ1n) is 5.15. The second-order valence-corrected chi connectivity index (χ2v) is 3.79. The molecule has 0 aromatic heterocycles. The van der Waals surface area contributed by atoms with Crippen molar-refractivity contribution >= 4 is 6.03 Å². The van der Waals surface area contributed by atoms with E-state index in [1.54, 1.807) is 0 Å². The number of hydrogen-bond acceptors (Lipinski definition) is 3. The maximum Gasteiger partial charge on any atom is 0.315 e. The molecule has 2 amide bonds. The van der Waals surface area contributed by atoms with Crippen LogP contribution in [0.5, 0.6) is 0 Å². The zero-order chi connectivity index (χ0) is 10.4. The number of nitrogens with one attached hydrogen (secondary N) is 2. The Hall–Kier alpha value is -0.810. The normalized spacial score (nSPS) is 23.1. The maximum absolute atomic E-state index is 11.3. The molecule has 5 nitrogen and oxygen atoms in total. The summed E-state index contributed by atoms with van der Waals surface area (Å²) in [6.45, 7) is 3.09. The molecule has 0 aromatic rings. The summed E-state index contributed by atoms with van der Waals surface area (Å²) >= 11 is 0. The van der Waals surface area contributed by atoms with Crippen molar-refractivity contribution in [3.63, 3.8) is 0 Å². The van der Waals surface area contributed by atoms with E-state index in [1.807, 2.05) is 0 Å². The number of carbonyl (C=O) groups is 1. The van der Waals surface area contributed by atoms with E-state index < -0.39 is 0 Å². The Bertz CT molecular complexity index is 186. The van der Waals surface area contributed by atoms with Crippen molar-refractivity contribution in [2.24, 2.45) is 5.73 Å². The summed E-state index contributed by atoms with van der Waals surface area (Å²) in [5.41, 5.74) is 5.28. The first kappa shape index (κ1) is 11.3. The van der Waals surface area contributed by atoms with Crippen LogP contribution in [0.2, 0.25) is 0 Å². The first-order chi connectivity index (χ1) is 6.72. The van der Waals surface area contributed by atoms with Crippen LogP contribution in [0.3, 0.4) is 0 Å². The highest BCUT2D eigenvalue weighted by Crippen LogP contribution is 2.07. The summed E-state index contributed by atoms with van der Waals surface area (Å²) < 4.78 is 0. The van der Waals surface area contributed by atoms with Crippen LogP contribution in [0, 0.1) is 0 Å². The first-order valence-corrected chi connectivity index (χ1v) is 5.15. The largest absolute Gasteiger partial charge is 0.337 e. The van der Waals surface area contributed by atoms with Gasteiger partial charge in [0.2, 0.25) is 0 Å². The van der Waals surface area contributed by atoms with Crippen molar-refractivity contribution in [3.8, 4) is 0 Å². The minimum absolute atomic E-state index is 0.101. The van der Waals surface area contributed by atoms with Gasteiger partial charge in [-0.3, -0.25) is 0 Å². The van der Waals surface area contributed by atoms with Crippen LogP contribution < -0.4 is 16.4 Å². The average molecular weight is 200 g/mol. The molecule has 0 radical (unpaired) electrons. The number of hydrogen-bond donors (Lipinski definition) is 3. The number of amides is 2. The number of rotatable bonds is 3. The Labute approximate surface area is 85.0 Å². The summed E-state index contributed by atoms with van der Waals surface area (Å²) in [6, 6.07) is 0.183. The van der Waals surface area contributed by atoms with Crippen LogP contribution in [0.1, 0.15) is 12.8 Å². The number of nitrogens with two attached hydrogens (primary N) is 1. The summed E-state index contributed by atoms with van der Waals surface area (Å²) in [6.07, 6.45) is 2.22. The molecule has 1 saturated heterocycles. The molecule has 4 N–H and O–H groups in total. The number of carbonyl (C=O) groups excluding carboxylic acids is 1. The van der Waals surface area contributed by atoms with Gasteiger partial charge in [0.05, 0.1) is 0 Å². The number of likely N-dealkylation sites (tertiary alicyclic amines) is 1. The molecule has 0 saturated carbocycles. The highest BCUT2D eigenvalue weighted by molar-refractivity contribution is 5.74. The van der Waals surface area contributed by atoms with E-state index in [-0.39, 0.29) is 12.1 Å². The highest BCUT2D eigenvalue weighted by atomic mass is 16.2. The van der Waals surface area contributed by atoms with Crippen molar-refractivity contribution in [1.29, 1.82) is 0 Å². The van der Waals surface area contributed by atoms with Crippen LogP contribution in [0.25, 0.3) is 0 Å². The Morgan fingerprint density at radius 1 is 1.64 bits per heavy atom. The van der Waals surface area contributed by atoms with Crippen LogP contribution in [-0.2, 0) is 0 Å². The minimum Gasteiger partial charge on any atom is -0.337 e. The monoisotopic (exact) mass is 200 g/mol. The lowest BCUT2D eigenvalue weighted by Crippen LogP contribution is -2.50. The molecule has 14 heavy (non-hydrogen) atoms. The summed E-state index contributed by atoms with van der Waals surface area (Å²) in [7, 11) is 2.08. The standard InChI is InChI=1S/C9H20N4O/c1-13-6-2-3-8(7-13)12-9(14)11-5-4-10/h8H,2-7,10H2,1H3,(H2,11,12,14). The van der Waals surface area contributed by atoms with Gasteiger partial charge in [0.25, 0.3) is 0 Å². The fourth-order valence-corrected chi connectivity index (χ4v) is 1.71. The van der Waals surface area contributed by atoms with Crippen molar-refractivity contribution in [3.05, 3.63) is 0 Å². The Kier molecular flexibility index (Phi) is 4.69. The van der Waals surface area contributed by atoms with Gasteiger partial charge in [-0.1, -0.05) is 0 Å². The van der Waals surface area contributed by atoms with Crippen molar-refractivity contribution in [2.45, 2.75) is 18.9 Å². The van der Waals surface area contributed by atoms with E-state index in [0.717, 1.165) is 25.9 Å². The van der Waals surface area contributed by atoms with E-state index >= 15 is 0 Å².